The number of anilines is 3. The Kier molecular flexibility index (Phi) is 8.24. The molecular weight excluding hydrogens is 462 g/mol. The lowest BCUT2D eigenvalue weighted by Gasteiger charge is -2.17. The Morgan fingerprint density at radius 3 is 2.16 bits per heavy atom. The van der Waals surface area contributed by atoms with Crippen molar-refractivity contribution in [1.29, 1.82) is 0 Å². The molecule has 4 N–H and O–H groups in total. The van der Waals surface area contributed by atoms with Crippen LogP contribution >= 0.6 is 0 Å². The van der Waals surface area contributed by atoms with Gasteiger partial charge in [0.15, 0.2) is 5.78 Å². The maximum absolute atomic E-state index is 13.4. The smallest absolute Gasteiger partial charge is 0.248 e. The molecule has 2 amide bonds. The molecular formula is C31H27N3O3. The minimum Gasteiger partial charge on any atom is -0.397 e. The molecule has 6 nitrogen and oxygen atoms in total. The van der Waals surface area contributed by atoms with Crippen LogP contribution in [0.1, 0.15) is 22.6 Å². The highest BCUT2D eigenvalue weighted by atomic mass is 16.2. The minimum absolute atomic E-state index is 0.120. The molecule has 0 radical (unpaired) electrons. The number of carbonyl (C=O) groups is 3. The van der Waals surface area contributed by atoms with Gasteiger partial charge in [0.05, 0.1) is 11.4 Å². The van der Waals surface area contributed by atoms with E-state index >= 15 is 0 Å². The van der Waals surface area contributed by atoms with Crippen molar-refractivity contribution in [3.63, 3.8) is 0 Å². The molecule has 6 heteroatoms. The highest BCUT2D eigenvalue weighted by Gasteiger charge is 2.28. The first-order chi connectivity index (χ1) is 18.0. The second-order valence-electron chi connectivity index (χ2n) is 8.50. The second-order valence-corrected chi connectivity index (χ2v) is 8.50. The Hall–Kier alpha value is -4.97. The molecule has 0 heterocycles. The third-order valence-corrected chi connectivity index (χ3v) is 5.74. The van der Waals surface area contributed by atoms with Crippen molar-refractivity contribution in [2.75, 3.05) is 16.4 Å². The number of nitrogens with one attached hydrogen (secondary N) is 2. The molecule has 0 spiro atoms. The lowest BCUT2D eigenvalue weighted by molar-refractivity contribution is -0.127. The molecule has 0 saturated heterocycles. The van der Waals surface area contributed by atoms with E-state index < -0.39 is 11.8 Å². The molecule has 4 rings (SSSR count). The van der Waals surface area contributed by atoms with Crippen LogP contribution in [-0.2, 0) is 20.8 Å². The van der Waals surface area contributed by atoms with Gasteiger partial charge in [-0.25, -0.2) is 0 Å². The van der Waals surface area contributed by atoms with E-state index in [4.69, 9.17) is 5.73 Å². The standard InChI is InChI=1S/C31H27N3O3/c32-26-16-7-8-17-27(26)34-29(36)19-18-23-12-9-13-24(20-23)30(28(35)21-22-10-3-1-4-11-22)31(37)33-25-14-5-2-6-15-25/h1-20,30H,21,32H2,(H,33,37)(H,34,36)/b19-18+. The van der Waals surface area contributed by atoms with Crippen molar-refractivity contribution in [3.8, 4) is 0 Å². The number of benzene rings is 4. The van der Waals surface area contributed by atoms with Crippen molar-refractivity contribution < 1.29 is 14.4 Å². The normalized spacial score (nSPS) is 11.6. The average molecular weight is 490 g/mol. The number of rotatable bonds is 9. The summed E-state index contributed by atoms with van der Waals surface area (Å²) < 4.78 is 0. The fraction of sp³-hybridized carbons (Fsp3) is 0.0645. The number of hydrogen-bond donors (Lipinski definition) is 3. The molecule has 4 aromatic carbocycles. The second kappa shape index (κ2) is 12.1. The van der Waals surface area contributed by atoms with Crippen LogP contribution in [0.15, 0.2) is 115 Å². The number of amides is 2. The Balaban J connectivity index is 1.56. The van der Waals surface area contributed by atoms with Gasteiger partial charge in [-0.3, -0.25) is 14.4 Å². The van der Waals surface area contributed by atoms with Gasteiger partial charge in [0.2, 0.25) is 11.8 Å². The highest BCUT2D eigenvalue weighted by Crippen LogP contribution is 2.24. The summed E-state index contributed by atoms with van der Waals surface area (Å²) >= 11 is 0. The van der Waals surface area contributed by atoms with E-state index in [1.807, 2.05) is 48.5 Å². The number of carbonyl (C=O) groups excluding carboxylic acids is 3. The van der Waals surface area contributed by atoms with Crippen LogP contribution in [0.4, 0.5) is 17.1 Å². The van der Waals surface area contributed by atoms with E-state index in [2.05, 4.69) is 10.6 Å². The monoisotopic (exact) mass is 489 g/mol. The van der Waals surface area contributed by atoms with E-state index in [1.165, 1.54) is 6.08 Å². The van der Waals surface area contributed by atoms with Crippen LogP contribution in [0.2, 0.25) is 0 Å². The molecule has 0 aliphatic rings. The highest BCUT2D eigenvalue weighted by molar-refractivity contribution is 6.12. The lowest BCUT2D eigenvalue weighted by atomic mass is 9.89. The zero-order valence-corrected chi connectivity index (χ0v) is 20.1. The van der Waals surface area contributed by atoms with Crippen LogP contribution in [0.3, 0.4) is 0 Å². The summed E-state index contributed by atoms with van der Waals surface area (Å²) in [4.78, 5) is 39.1. The number of para-hydroxylation sites is 3. The first-order valence-electron chi connectivity index (χ1n) is 11.9. The van der Waals surface area contributed by atoms with Gasteiger partial charge in [-0.05, 0) is 47.0 Å². The molecule has 0 aliphatic carbocycles. The van der Waals surface area contributed by atoms with E-state index in [9.17, 15) is 14.4 Å². The van der Waals surface area contributed by atoms with Crippen LogP contribution in [0, 0.1) is 0 Å². The summed E-state index contributed by atoms with van der Waals surface area (Å²) in [6, 6.07) is 32.4. The van der Waals surface area contributed by atoms with Crippen LogP contribution in [0.25, 0.3) is 6.08 Å². The summed E-state index contributed by atoms with van der Waals surface area (Å²) in [5.74, 6) is -2.00. The van der Waals surface area contributed by atoms with E-state index in [0.717, 1.165) is 5.56 Å². The average Bonchev–Trinajstić information content (AvgIpc) is 2.90. The predicted octanol–water partition coefficient (Wildman–Crippen LogP) is 5.45. The van der Waals surface area contributed by atoms with Crippen molar-refractivity contribution in [2.24, 2.45) is 0 Å². The summed E-state index contributed by atoms with van der Waals surface area (Å²) in [6.45, 7) is 0. The third-order valence-electron chi connectivity index (χ3n) is 5.74. The number of Topliss-reactive ketones (excluding diaryl/α,β-unsaturated/α-hetero) is 1. The number of nitrogens with two attached hydrogens (primary N) is 1. The number of nitrogen functional groups attached to an aromatic ring is 1. The molecule has 1 unspecified atom stereocenters. The summed E-state index contributed by atoms with van der Waals surface area (Å²) in [6.07, 6.45) is 3.14. The summed E-state index contributed by atoms with van der Waals surface area (Å²) in [5.41, 5.74) is 9.54. The zero-order chi connectivity index (χ0) is 26.0. The summed E-state index contributed by atoms with van der Waals surface area (Å²) in [5, 5.41) is 5.60. The molecule has 37 heavy (non-hydrogen) atoms. The van der Waals surface area contributed by atoms with E-state index in [-0.39, 0.29) is 18.1 Å². The predicted molar refractivity (Wildman–Crippen MR) is 148 cm³/mol. The summed E-state index contributed by atoms with van der Waals surface area (Å²) in [7, 11) is 0. The fourth-order valence-electron chi connectivity index (χ4n) is 3.92. The lowest BCUT2D eigenvalue weighted by Crippen LogP contribution is -2.29. The molecule has 0 aromatic heterocycles. The molecule has 0 aliphatic heterocycles. The Labute approximate surface area is 215 Å². The molecule has 1 atom stereocenters. The zero-order valence-electron chi connectivity index (χ0n) is 20.1. The first kappa shape index (κ1) is 25.1. The maximum Gasteiger partial charge on any atom is 0.248 e. The van der Waals surface area contributed by atoms with Crippen molar-refractivity contribution in [3.05, 3.63) is 132 Å². The van der Waals surface area contributed by atoms with E-state index in [1.54, 1.807) is 66.7 Å². The topological polar surface area (TPSA) is 101 Å². The van der Waals surface area contributed by atoms with Gasteiger partial charge in [0, 0.05) is 18.2 Å². The van der Waals surface area contributed by atoms with Crippen molar-refractivity contribution in [2.45, 2.75) is 12.3 Å². The van der Waals surface area contributed by atoms with Crippen LogP contribution in [-0.4, -0.2) is 17.6 Å². The molecule has 0 fully saturated rings. The Morgan fingerprint density at radius 1 is 0.757 bits per heavy atom. The number of ketones is 1. The fourth-order valence-corrected chi connectivity index (χ4v) is 3.92. The maximum atomic E-state index is 13.4. The van der Waals surface area contributed by atoms with Gasteiger partial charge in [0.25, 0.3) is 0 Å². The minimum atomic E-state index is -1.02. The molecule has 0 bridgehead atoms. The molecule has 4 aromatic rings. The third kappa shape index (κ3) is 7.02. The van der Waals surface area contributed by atoms with Gasteiger partial charge in [-0.1, -0.05) is 84.9 Å². The largest absolute Gasteiger partial charge is 0.397 e. The van der Waals surface area contributed by atoms with E-state index in [0.29, 0.717) is 28.2 Å². The SMILES string of the molecule is Nc1ccccc1NC(=O)/C=C/c1cccc(C(C(=O)Cc2ccccc2)C(=O)Nc2ccccc2)c1. The Morgan fingerprint density at radius 2 is 1.43 bits per heavy atom. The van der Waals surface area contributed by atoms with Crippen molar-refractivity contribution in [1.82, 2.24) is 0 Å². The first-order valence-corrected chi connectivity index (χ1v) is 11.9. The van der Waals surface area contributed by atoms with Gasteiger partial charge in [-0.15, -0.1) is 0 Å². The van der Waals surface area contributed by atoms with Gasteiger partial charge < -0.3 is 16.4 Å². The molecule has 0 saturated carbocycles. The quantitative estimate of drug-likeness (QED) is 0.165. The van der Waals surface area contributed by atoms with Crippen LogP contribution in [0.5, 0.6) is 0 Å². The molecule has 184 valence electrons. The number of hydrogen-bond acceptors (Lipinski definition) is 4. The van der Waals surface area contributed by atoms with Gasteiger partial charge in [-0.2, -0.15) is 0 Å². The van der Waals surface area contributed by atoms with Crippen molar-refractivity contribution >= 4 is 40.7 Å². The van der Waals surface area contributed by atoms with Gasteiger partial charge in [0.1, 0.15) is 5.92 Å². The Bertz CT molecular complexity index is 1360. The van der Waals surface area contributed by atoms with Gasteiger partial charge >= 0.3 is 0 Å². The van der Waals surface area contributed by atoms with Crippen LogP contribution < -0.4 is 16.4 Å².